The lowest BCUT2D eigenvalue weighted by Gasteiger charge is -2.09. The second-order valence-electron chi connectivity index (χ2n) is 8.60. The van der Waals surface area contributed by atoms with Gasteiger partial charge < -0.3 is 4.74 Å². The van der Waals surface area contributed by atoms with Crippen molar-refractivity contribution in [1.82, 2.24) is 0 Å². The van der Waals surface area contributed by atoms with Crippen molar-refractivity contribution in [1.29, 1.82) is 0 Å². The summed E-state index contributed by atoms with van der Waals surface area (Å²) < 4.78 is 5.50. The highest BCUT2D eigenvalue weighted by molar-refractivity contribution is 5.91. The van der Waals surface area contributed by atoms with Gasteiger partial charge in [-0.1, -0.05) is 62.4 Å². The van der Waals surface area contributed by atoms with Gasteiger partial charge in [0.1, 0.15) is 5.75 Å². The van der Waals surface area contributed by atoms with E-state index in [0.717, 1.165) is 18.4 Å². The van der Waals surface area contributed by atoms with Gasteiger partial charge in [-0.15, -0.1) is 5.11 Å². The van der Waals surface area contributed by atoms with Crippen LogP contribution in [0.15, 0.2) is 70.9 Å². The van der Waals surface area contributed by atoms with Gasteiger partial charge in [-0.3, -0.25) is 10.1 Å². The molecule has 7 nitrogen and oxygen atoms in total. The third kappa shape index (κ3) is 7.30. The minimum atomic E-state index is -0.564. The number of esters is 1. The molecule has 0 aliphatic carbocycles. The van der Waals surface area contributed by atoms with Gasteiger partial charge in [0.15, 0.2) is 5.69 Å². The maximum absolute atomic E-state index is 12.7. The monoisotopic (exact) mass is 473 g/mol. The van der Waals surface area contributed by atoms with Crippen LogP contribution in [0.1, 0.15) is 66.1 Å². The largest absolute Gasteiger partial charge is 0.422 e. The Morgan fingerprint density at radius 3 is 2.23 bits per heavy atom. The topological polar surface area (TPSA) is 94.2 Å². The molecule has 0 bridgehead atoms. The second-order valence-corrected chi connectivity index (χ2v) is 8.60. The van der Waals surface area contributed by atoms with E-state index in [9.17, 15) is 14.9 Å². The standard InChI is InChI=1S/C28H31N3O4/c1-4-5-6-7-8-9-22-12-14-23(15-13-22)28(32)35-26-19-18-25(27(21(26)3)31(33)34)30-29-24-16-10-20(2)11-17-24/h10-19H,4-9H2,1-3H3. The van der Waals surface area contributed by atoms with Gasteiger partial charge in [0.2, 0.25) is 0 Å². The van der Waals surface area contributed by atoms with Crippen LogP contribution in [-0.2, 0) is 6.42 Å². The molecule has 0 fully saturated rings. The van der Waals surface area contributed by atoms with Crippen molar-refractivity contribution < 1.29 is 14.5 Å². The number of carbonyl (C=O) groups excluding carboxylic acids is 1. The average molecular weight is 474 g/mol. The summed E-state index contributed by atoms with van der Waals surface area (Å²) in [5, 5.41) is 19.9. The van der Waals surface area contributed by atoms with Crippen molar-refractivity contribution in [2.45, 2.75) is 59.3 Å². The van der Waals surface area contributed by atoms with E-state index in [0.29, 0.717) is 11.3 Å². The van der Waals surface area contributed by atoms with E-state index in [-0.39, 0.29) is 22.7 Å². The Morgan fingerprint density at radius 2 is 1.57 bits per heavy atom. The molecular formula is C28H31N3O4. The van der Waals surface area contributed by atoms with Crippen molar-refractivity contribution in [3.05, 3.63) is 93.0 Å². The number of nitro groups is 1. The fourth-order valence-corrected chi connectivity index (χ4v) is 3.71. The molecule has 35 heavy (non-hydrogen) atoms. The van der Waals surface area contributed by atoms with Gasteiger partial charge in [0, 0.05) is 0 Å². The first-order valence-corrected chi connectivity index (χ1v) is 12.0. The lowest BCUT2D eigenvalue weighted by atomic mass is 10.0. The number of azo groups is 1. The van der Waals surface area contributed by atoms with Crippen LogP contribution in [0.25, 0.3) is 0 Å². The zero-order valence-electron chi connectivity index (χ0n) is 20.5. The molecule has 0 N–H and O–H groups in total. The molecule has 0 radical (unpaired) electrons. The van der Waals surface area contributed by atoms with E-state index in [2.05, 4.69) is 17.2 Å². The van der Waals surface area contributed by atoms with Crippen LogP contribution in [0.4, 0.5) is 17.1 Å². The van der Waals surface area contributed by atoms with Gasteiger partial charge in [0.05, 0.1) is 21.7 Å². The summed E-state index contributed by atoms with van der Waals surface area (Å²) in [6, 6.07) is 17.6. The Labute approximate surface area is 206 Å². The van der Waals surface area contributed by atoms with E-state index in [4.69, 9.17) is 4.74 Å². The van der Waals surface area contributed by atoms with Crippen LogP contribution >= 0.6 is 0 Å². The quantitative estimate of drug-likeness (QED) is 0.0698. The number of hydrogen-bond acceptors (Lipinski definition) is 6. The maximum atomic E-state index is 12.7. The molecular weight excluding hydrogens is 442 g/mol. The highest BCUT2D eigenvalue weighted by atomic mass is 16.6. The lowest BCUT2D eigenvalue weighted by Crippen LogP contribution is -2.10. The predicted octanol–water partition coefficient (Wildman–Crippen LogP) is 8.36. The van der Waals surface area contributed by atoms with Gasteiger partial charge in [-0.25, -0.2) is 4.79 Å². The first kappa shape index (κ1) is 25.7. The van der Waals surface area contributed by atoms with Crippen LogP contribution in [0, 0.1) is 24.0 Å². The number of nitro benzene ring substituents is 1. The molecule has 0 amide bonds. The van der Waals surface area contributed by atoms with E-state index in [1.165, 1.54) is 50.3 Å². The summed E-state index contributed by atoms with van der Waals surface area (Å²) in [6.07, 6.45) is 7.04. The normalized spacial score (nSPS) is 11.1. The Balaban J connectivity index is 1.70. The van der Waals surface area contributed by atoms with E-state index < -0.39 is 10.9 Å². The number of aryl methyl sites for hydroxylation is 2. The van der Waals surface area contributed by atoms with Crippen molar-refractivity contribution >= 4 is 23.0 Å². The van der Waals surface area contributed by atoms with Crippen LogP contribution in [0.2, 0.25) is 0 Å². The minimum Gasteiger partial charge on any atom is -0.422 e. The molecule has 7 heteroatoms. The summed E-state index contributed by atoms with van der Waals surface area (Å²) in [6.45, 7) is 5.69. The number of nitrogens with zero attached hydrogens (tertiary/aromatic N) is 3. The minimum absolute atomic E-state index is 0.0937. The molecule has 0 unspecified atom stereocenters. The SMILES string of the molecule is CCCCCCCc1ccc(C(=O)Oc2ccc(N=Nc3ccc(C)cc3)c([N+](=O)[O-])c2C)cc1. The zero-order valence-corrected chi connectivity index (χ0v) is 20.5. The molecule has 0 aliphatic rings. The second kappa shape index (κ2) is 12.6. The number of carbonyl (C=O) groups is 1. The third-order valence-corrected chi connectivity index (χ3v) is 5.81. The highest BCUT2D eigenvalue weighted by Gasteiger charge is 2.23. The molecule has 182 valence electrons. The fourth-order valence-electron chi connectivity index (χ4n) is 3.71. The molecule has 0 saturated heterocycles. The summed E-state index contributed by atoms with van der Waals surface area (Å²) >= 11 is 0. The van der Waals surface area contributed by atoms with Crippen molar-refractivity contribution in [3.8, 4) is 5.75 Å². The first-order valence-electron chi connectivity index (χ1n) is 12.0. The number of benzene rings is 3. The predicted molar refractivity (Wildman–Crippen MR) is 137 cm³/mol. The molecule has 3 aromatic carbocycles. The van der Waals surface area contributed by atoms with Crippen LogP contribution < -0.4 is 4.74 Å². The molecule has 0 aromatic heterocycles. The number of unbranched alkanes of at least 4 members (excludes halogenated alkanes) is 4. The Hall–Kier alpha value is -3.87. The average Bonchev–Trinajstić information content (AvgIpc) is 2.85. The molecule has 3 rings (SSSR count). The van der Waals surface area contributed by atoms with Crippen LogP contribution in [0.3, 0.4) is 0 Å². The Bertz CT molecular complexity index is 1190. The maximum Gasteiger partial charge on any atom is 0.343 e. The summed E-state index contributed by atoms with van der Waals surface area (Å²) in [5.74, 6) is -0.443. The van der Waals surface area contributed by atoms with Crippen molar-refractivity contribution in [2.24, 2.45) is 10.2 Å². The van der Waals surface area contributed by atoms with Crippen molar-refractivity contribution in [2.75, 3.05) is 0 Å². The molecule has 0 aliphatic heterocycles. The van der Waals surface area contributed by atoms with E-state index in [1.807, 2.05) is 31.2 Å². The van der Waals surface area contributed by atoms with E-state index in [1.54, 1.807) is 24.3 Å². The van der Waals surface area contributed by atoms with Gasteiger partial charge in [-0.2, -0.15) is 5.11 Å². The lowest BCUT2D eigenvalue weighted by molar-refractivity contribution is -0.384. The fraction of sp³-hybridized carbons (Fsp3) is 0.321. The molecule has 0 heterocycles. The number of ether oxygens (including phenoxy) is 1. The Kier molecular flexibility index (Phi) is 9.23. The third-order valence-electron chi connectivity index (χ3n) is 5.81. The van der Waals surface area contributed by atoms with E-state index >= 15 is 0 Å². The first-order chi connectivity index (χ1) is 16.9. The smallest absolute Gasteiger partial charge is 0.343 e. The molecule has 0 atom stereocenters. The number of hydrogen-bond donors (Lipinski definition) is 0. The summed E-state index contributed by atoms with van der Waals surface area (Å²) in [7, 11) is 0. The van der Waals surface area contributed by atoms with Gasteiger partial charge in [0.25, 0.3) is 0 Å². The van der Waals surface area contributed by atoms with Crippen LogP contribution in [-0.4, -0.2) is 10.9 Å². The molecule has 0 saturated carbocycles. The zero-order chi connectivity index (χ0) is 25.2. The number of rotatable bonds is 11. The Morgan fingerprint density at radius 1 is 0.886 bits per heavy atom. The molecule has 3 aromatic rings. The highest BCUT2D eigenvalue weighted by Crippen LogP contribution is 2.37. The van der Waals surface area contributed by atoms with Gasteiger partial charge >= 0.3 is 11.7 Å². The van der Waals surface area contributed by atoms with Gasteiger partial charge in [-0.05, 0) is 68.7 Å². The summed E-state index contributed by atoms with van der Waals surface area (Å²) in [5.41, 5.74) is 3.29. The van der Waals surface area contributed by atoms with Crippen LogP contribution in [0.5, 0.6) is 5.75 Å². The molecule has 0 spiro atoms. The van der Waals surface area contributed by atoms with Crippen molar-refractivity contribution in [3.63, 3.8) is 0 Å². The summed E-state index contributed by atoms with van der Waals surface area (Å²) in [4.78, 5) is 23.9.